The summed E-state index contributed by atoms with van der Waals surface area (Å²) in [6, 6.07) is 8.99. The van der Waals surface area contributed by atoms with Crippen LogP contribution in [-0.4, -0.2) is 69.2 Å². The number of ether oxygens (including phenoxy) is 3. The summed E-state index contributed by atoms with van der Waals surface area (Å²) in [5, 5.41) is 2.74. The van der Waals surface area contributed by atoms with E-state index in [1.54, 1.807) is 37.2 Å². The van der Waals surface area contributed by atoms with Crippen LogP contribution in [0.3, 0.4) is 0 Å². The molecule has 1 fully saturated rings. The number of aryl methyl sites for hydroxylation is 1. The van der Waals surface area contributed by atoms with Gasteiger partial charge >= 0.3 is 6.03 Å². The standard InChI is InChI=1S/C23H28FN3O5/c1-30-19-10-4-16(21(31-2)22(19)32-3)5-11-20(28)26-12-14-27(15-13-26)23(29)25-18-8-6-17(24)7-9-18/h4,6-10H,5,11-15H2,1-3H3,(H,25,29). The van der Waals surface area contributed by atoms with Gasteiger partial charge in [0, 0.05) is 38.3 Å². The van der Waals surface area contributed by atoms with E-state index in [-0.39, 0.29) is 17.8 Å². The smallest absolute Gasteiger partial charge is 0.321 e. The summed E-state index contributed by atoms with van der Waals surface area (Å²) < 4.78 is 29.2. The van der Waals surface area contributed by atoms with Gasteiger partial charge in [0.05, 0.1) is 21.3 Å². The summed E-state index contributed by atoms with van der Waals surface area (Å²) in [5.74, 6) is 1.28. The Morgan fingerprint density at radius 1 is 0.875 bits per heavy atom. The molecule has 0 unspecified atom stereocenters. The average Bonchev–Trinajstić information content (AvgIpc) is 2.83. The molecule has 0 radical (unpaired) electrons. The Bertz CT molecular complexity index is 943. The zero-order valence-electron chi connectivity index (χ0n) is 18.5. The quantitative estimate of drug-likeness (QED) is 0.708. The third kappa shape index (κ3) is 5.40. The summed E-state index contributed by atoms with van der Waals surface area (Å²) in [7, 11) is 4.65. The molecule has 2 aromatic carbocycles. The van der Waals surface area contributed by atoms with Gasteiger partial charge in [-0.25, -0.2) is 9.18 Å². The van der Waals surface area contributed by atoms with Crippen LogP contribution in [0.4, 0.5) is 14.9 Å². The molecular weight excluding hydrogens is 417 g/mol. The molecule has 3 amide bonds. The van der Waals surface area contributed by atoms with Crippen molar-refractivity contribution in [3.05, 3.63) is 47.8 Å². The highest BCUT2D eigenvalue weighted by atomic mass is 19.1. The highest BCUT2D eigenvalue weighted by molar-refractivity contribution is 5.89. The van der Waals surface area contributed by atoms with Crippen LogP contribution in [0.15, 0.2) is 36.4 Å². The zero-order valence-corrected chi connectivity index (χ0v) is 18.5. The molecule has 1 aliphatic heterocycles. The maximum atomic E-state index is 13.0. The van der Waals surface area contributed by atoms with Crippen molar-refractivity contribution in [2.45, 2.75) is 12.8 Å². The number of nitrogens with one attached hydrogen (secondary N) is 1. The van der Waals surface area contributed by atoms with E-state index in [1.807, 2.05) is 6.07 Å². The second-order valence-electron chi connectivity index (χ2n) is 7.30. The lowest BCUT2D eigenvalue weighted by atomic mass is 10.1. The normalized spacial score (nSPS) is 13.5. The molecule has 3 rings (SSSR count). The fourth-order valence-electron chi connectivity index (χ4n) is 3.65. The summed E-state index contributed by atoms with van der Waals surface area (Å²) in [5.41, 5.74) is 1.38. The van der Waals surface area contributed by atoms with Crippen LogP contribution in [0.5, 0.6) is 17.2 Å². The van der Waals surface area contributed by atoms with Gasteiger partial charge in [0.1, 0.15) is 5.82 Å². The van der Waals surface area contributed by atoms with E-state index in [9.17, 15) is 14.0 Å². The third-order valence-corrected chi connectivity index (χ3v) is 5.41. The maximum Gasteiger partial charge on any atom is 0.321 e. The molecule has 9 heteroatoms. The maximum absolute atomic E-state index is 13.0. The molecule has 0 spiro atoms. The van der Waals surface area contributed by atoms with E-state index < -0.39 is 0 Å². The number of piperazine rings is 1. The number of methoxy groups -OCH3 is 3. The first kappa shape index (κ1) is 23.2. The van der Waals surface area contributed by atoms with Gasteiger partial charge in [-0.05, 0) is 42.3 Å². The van der Waals surface area contributed by atoms with Crippen molar-refractivity contribution < 1.29 is 28.2 Å². The van der Waals surface area contributed by atoms with Gasteiger partial charge < -0.3 is 29.3 Å². The van der Waals surface area contributed by atoms with Crippen molar-refractivity contribution in [3.63, 3.8) is 0 Å². The first-order valence-corrected chi connectivity index (χ1v) is 10.3. The molecule has 1 aliphatic rings. The van der Waals surface area contributed by atoms with E-state index in [0.717, 1.165) is 5.56 Å². The van der Waals surface area contributed by atoms with E-state index in [2.05, 4.69) is 5.32 Å². The predicted molar refractivity (Wildman–Crippen MR) is 118 cm³/mol. The number of hydrogen-bond acceptors (Lipinski definition) is 5. The van der Waals surface area contributed by atoms with Gasteiger partial charge in [-0.2, -0.15) is 0 Å². The monoisotopic (exact) mass is 445 g/mol. The first-order valence-electron chi connectivity index (χ1n) is 10.3. The molecule has 32 heavy (non-hydrogen) atoms. The minimum Gasteiger partial charge on any atom is -0.493 e. The van der Waals surface area contributed by atoms with Crippen molar-refractivity contribution in [2.75, 3.05) is 52.8 Å². The summed E-state index contributed by atoms with van der Waals surface area (Å²) in [6.07, 6.45) is 0.807. The number of halogens is 1. The highest BCUT2D eigenvalue weighted by Gasteiger charge is 2.25. The number of benzene rings is 2. The van der Waals surface area contributed by atoms with E-state index in [0.29, 0.717) is 62.0 Å². The second kappa shape index (κ2) is 10.7. The van der Waals surface area contributed by atoms with Crippen molar-refractivity contribution in [1.82, 2.24) is 9.80 Å². The Morgan fingerprint density at radius 2 is 1.50 bits per heavy atom. The molecule has 2 aromatic rings. The molecule has 1 saturated heterocycles. The Hall–Kier alpha value is -3.49. The summed E-state index contributed by atoms with van der Waals surface area (Å²) in [6.45, 7) is 1.77. The fraction of sp³-hybridized carbons (Fsp3) is 0.391. The van der Waals surface area contributed by atoms with Crippen LogP contribution in [0.25, 0.3) is 0 Å². The zero-order chi connectivity index (χ0) is 23.1. The molecular formula is C23H28FN3O5. The topological polar surface area (TPSA) is 80.3 Å². The van der Waals surface area contributed by atoms with Crippen molar-refractivity contribution >= 4 is 17.6 Å². The Kier molecular flexibility index (Phi) is 7.75. The molecule has 0 bridgehead atoms. The Labute approximate surface area is 186 Å². The number of hydrogen-bond donors (Lipinski definition) is 1. The first-order chi connectivity index (χ1) is 15.5. The predicted octanol–water partition coefficient (Wildman–Crippen LogP) is 3.16. The number of rotatable bonds is 7. The van der Waals surface area contributed by atoms with Gasteiger partial charge in [-0.3, -0.25) is 4.79 Å². The molecule has 8 nitrogen and oxygen atoms in total. The van der Waals surface area contributed by atoms with E-state index >= 15 is 0 Å². The van der Waals surface area contributed by atoms with Crippen LogP contribution in [0, 0.1) is 5.82 Å². The number of nitrogens with zero attached hydrogens (tertiary/aromatic N) is 2. The molecule has 172 valence electrons. The summed E-state index contributed by atoms with van der Waals surface area (Å²) >= 11 is 0. The van der Waals surface area contributed by atoms with E-state index in [1.165, 1.54) is 24.3 Å². The lowest BCUT2D eigenvalue weighted by molar-refractivity contribution is -0.132. The highest BCUT2D eigenvalue weighted by Crippen LogP contribution is 2.40. The average molecular weight is 445 g/mol. The van der Waals surface area contributed by atoms with Crippen LogP contribution < -0.4 is 19.5 Å². The van der Waals surface area contributed by atoms with Gasteiger partial charge in [-0.15, -0.1) is 0 Å². The lowest BCUT2D eigenvalue weighted by Crippen LogP contribution is -2.51. The van der Waals surface area contributed by atoms with Crippen molar-refractivity contribution in [2.24, 2.45) is 0 Å². The number of carbonyl (C=O) groups excluding carboxylic acids is 2. The van der Waals surface area contributed by atoms with Gasteiger partial charge in [0.15, 0.2) is 11.5 Å². The fourth-order valence-corrected chi connectivity index (χ4v) is 3.65. The number of amides is 3. The minimum absolute atomic E-state index is 0.0143. The third-order valence-electron chi connectivity index (χ3n) is 5.41. The Balaban J connectivity index is 1.51. The van der Waals surface area contributed by atoms with Crippen molar-refractivity contribution in [1.29, 1.82) is 0 Å². The van der Waals surface area contributed by atoms with Crippen LogP contribution >= 0.6 is 0 Å². The SMILES string of the molecule is COc1ccc(CCC(=O)N2CCN(C(=O)Nc3ccc(F)cc3)CC2)c(OC)c1OC. The molecule has 0 atom stereocenters. The molecule has 1 heterocycles. The van der Waals surface area contributed by atoms with Gasteiger partial charge in [0.2, 0.25) is 11.7 Å². The largest absolute Gasteiger partial charge is 0.493 e. The second-order valence-corrected chi connectivity index (χ2v) is 7.30. The van der Waals surface area contributed by atoms with Crippen molar-refractivity contribution in [3.8, 4) is 17.2 Å². The van der Waals surface area contributed by atoms with Crippen LogP contribution in [0.1, 0.15) is 12.0 Å². The van der Waals surface area contributed by atoms with E-state index in [4.69, 9.17) is 14.2 Å². The number of carbonyl (C=O) groups is 2. The number of anilines is 1. The molecule has 0 aromatic heterocycles. The van der Waals surface area contributed by atoms with Crippen LogP contribution in [0.2, 0.25) is 0 Å². The van der Waals surface area contributed by atoms with Crippen LogP contribution in [-0.2, 0) is 11.2 Å². The van der Waals surface area contributed by atoms with Gasteiger partial charge in [0.25, 0.3) is 0 Å². The molecule has 0 aliphatic carbocycles. The minimum atomic E-state index is -0.360. The Morgan fingerprint density at radius 3 is 2.09 bits per heavy atom. The molecule has 1 N–H and O–H groups in total. The number of urea groups is 1. The molecule has 0 saturated carbocycles. The summed E-state index contributed by atoms with van der Waals surface area (Å²) in [4.78, 5) is 28.5. The van der Waals surface area contributed by atoms with Gasteiger partial charge in [-0.1, -0.05) is 6.07 Å². The lowest BCUT2D eigenvalue weighted by Gasteiger charge is -2.34.